The van der Waals surface area contributed by atoms with Gasteiger partial charge < -0.3 is 14.6 Å². The van der Waals surface area contributed by atoms with E-state index in [1.165, 1.54) is 0 Å². The summed E-state index contributed by atoms with van der Waals surface area (Å²) in [6, 6.07) is 3.01. The van der Waals surface area contributed by atoms with E-state index >= 15 is 0 Å². The summed E-state index contributed by atoms with van der Waals surface area (Å²) in [5.41, 5.74) is -0.167. The number of aromatic carboxylic acids is 1. The van der Waals surface area contributed by atoms with Crippen molar-refractivity contribution in [1.29, 1.82) is 0 Å². The van der Waals surface area contributed by atoms with Crippen LogP contribution in [0.3, 0.4) is 0 Å². The van der Waals surface area contributed by atoms with Crippen molar-refractivity contribution in [2.24, 2.45) is 0 Å². The molecular formula is C14H13F3O4. The van der Waals surface area contributed by atoms with Crippen LogP contribution in [0.5, 0.6) is 11.5 Å². The normalized spacial score (nSPS) is 18.3. The fraction of sp³-hybridized carbons (Fsp3) is 0.357. The molecule has 4 nitrogen and oxygen atoms in total. The van der Waals surface area contributed by atoms with E-state index in [-0.39, 0.29) is 11.3 Å². The lowest BCUT2D eigenvalue weighted by atomic mass is 10.1. The zero-order chi connectivity index (χ0) is 15.5. The zero-order valence-electron chi connectivity index (χ0n) is 10.9. The summed E-state index contributed by atoms with van der Waals surface area (Å²) >= 11 is 0. The molecule has 0 fully saturated rings. The average Bonchev–Trinajstić information content (AvgIpc) is 2.40. The smallest absolute Gasteiger partial charge is 0.482 e. The Morgan fingerprint density at radius 1 is 1.29 bits per heavy atom. The Bertz CT molecular complexity index is 552. The number of carboxylic acid groups (broad SMARTS) is 1. The molecule has 0 saturated carbocycles. The van der Waals surface area contributed by atoms with Crippen molar-refractivity contribution in [3.63, 3.8) is 0 Å². The van der Waals surface area contributed by atoms with Crippen LogP contribution in [0.15, 0.2) is 30.4 Å². The third kappa shape index (κ3) is 4.40. The van der Waals surface area contributed by atoms with Gasteiger partial charge in [0.25, 0.3) is 0 Å². The number of carboxylic acids is 1. The number of hydrogen-bond donors (Lipinski definition) is 1. The second kappa shape index (κ2) is 6.07. The van der Waals surface area contributed by atoms with Gasteiger partial charge in [0, 0.05) is 0 Å². The number of alkyl halides is 3. The fourth-order valence-electron chi connectivity index (χ4n) is 1.98. The summed E-state index contributed by atoms with van der Waals surface area (Å²) in [6.07, 6.45) is 0.757. The van der Waals surface area contributed by atoms with Gasteiger partial charge >= 0.3 is 12.3 Å². The largest absolute Gasteiger partial charge is 0.573 e. The van der Waals surface area contributed by atoms with E-state index in [1.54, 1.807) is 6.08 Å². The zero-order valence-corrected chi connectivity index (χ0v) is 10.9. The molecule has 1 aliphatic rings. The first-order valence-corrected chi connectivity index (χ1v) is 6.31. The third-order valence-corrected chi connectivity index (χ3v) is 2.90. The topological polar surface area (TPSA) is 55.8 Å². The number of ether oxygens (including phenoxy) is 2. The van der Waals surface area contributed by atoms with E-state index in [1.807, 2.05) is 6.08 Å². The van der Waals surface area contributed by atoms with Crippen molar-refractivity contribution < 1.29 is 32.5 Å². The molecule has 114 valence electrons. The standard InChI is InChI=1S/C14H13F3O4/c15-14(16,17)21-11-7-6-9(13(18)19)8-12(11)20-10-4-2-1-3-5-10/h2,4,6-8,10H,1,3,5H2,(H,18,19). The first-order valence-electron chi connectivity index (χ1n) is 6.31. The molecule has 1 atom stereocenters. The van der Waals surface area contributed by atoms with Crippen LogP contribution >= 0.6 is 0 Å². The first kappa shape index (κ1) is 15.2. The molecule has 21 heavy (non-hydrogen) atoms. The van der Waals surface area contributed by atoms with E-state index in [4.69, 9.17) is 9.84 Å². The Balaban J connectivity index is 2.28. The van der Waals surface area contributed by atoms with Crippen LogP contribution < -0.4 is 9.47 Å². The van der Waals surface area contributed by atoms with Crippen LogP contribution in [-0.4, -0.2) is 23.5 Å². The molecule has 1 aromatic rings. The predicted molar refractivity (Wildman–Crippen MR) is 67.5 cm³/mol. The molecule has 1 aliphatic carbocycles. The highest BCUT2D eigenvalue weighted by atomic mass is 19.4. The Morgan fingerprint density at radius 3 is 2.62 bits per heavy atom. The molecule has 0 aromatic heterocycles. The lowest BCUT2D eigenvalue weighted by molar-refractivity contribution is -0.275. The number of carbonyl (C=O) groups is 1. The highest BCUT2D eigenvalue weighted by molar-refractivity contribution is 5.88. The van der Waals surface area contributed by atoms with Crippen LogP contribution in [-0.2, 0) is 0 Å². The van der Waals surface area contributed by atoms with E-state index in [0.29, 0.717) is 6.42 Å². The molecule has 0 heterocycles. The second-order valence-electron chi connectivity index (χ2n) is 4.53. The minimum atomic E-state index is -4.87. The molecule has 0 bridgehead atoms. The van der Waals surface area contributed by atoms with Gasteiger partial charge in [0.05, 0.1) is 5.56 Å². The van der Waals surface area contributed by atoms with E-state index in [2.05, 4.69) is 4.74 Å². The van der Waals surface area contributed by atoms with E-state index < -0.39 is 24.2 Å². The van der Waals surface area contributed by atoms with Crippen LogP contribution in [0.1, 0.15) is 29.6 Å². The van der Waals surface area contributed by atoms with Crippen molar-refractivity contribution in [2.45, 2.75) is 31.7 Å². The molecule has 0 saturated heterocycles. The number of allylic oxidation sites excluding steroid dienone is 1. The Labute approximate surface area is 118 Å². The molecular weight excluding hydrogens is 289 g/mol. The van der Waals surface area contributed by atoms with Gasteiger partial charge in [-0.1, -0.05) is 6.08 Å². The van der Waals surface area contributed by atoms with Gasteiger partial charge in [-0.05, 0) is 43.5 Å². The summed E-state index contributed by atoms with van der Waals surface area (Å²) in [6.45, 7) is 0. The van der Waals surface area contributed by atoms with Crippen molar-refractivity contribution in [3.05, 3.63) is 35.9 Å². The van der Waals surface area contributed by atoms with Crippen LogP contribution in [0.2, 0.25) is 0 Å². The molecule has 0 radical (unpaired) electrons. The Hall–Kier alpha value is -2.18. The van der Waals surface area contributed by atoms with Gasteiger partial charge in [-0.3, -0.25) is 0 Å². The molecule has 0 spiro atoms. The van der Waals surface area contributed by atoms with E-state index in [9.17, 15) is 18.0 Å². The van der Waals surface area contributed by atoms with Gasteiger partial charge in [0.2, 0.25) is 0 Å². The highest BCUT2D eigenvalue weighted by Crippen LogP contribution is 2.34. The van der Waals surface area contributed by atoms with Gasteiger partial charge in [0.15, 0.2) is 11.5 Å². The van der Waals surface area contributed by atoms with Crippen molar-refractivity contribution in [3.8, 4) is 11.5 Å². The molecule has 2 rings (SSSR count). The molecule has 1 N–H and O–H groups in total. The molecule has 0 amide bonds. The number of hydrogen-bond acceptors (Lipinski definition) is 3. The van der Waals surface area contributed by atoms with Gasteiger partial charge in [0.1, 0.15) is 6.10 Å². The summed E-state index contributed by atoms with van der Waals surface area (Å²) in [7, 11) is 0. The monoisotopic (exact) mass is 302 g/mol. The maximum absolute atomic E-state index is 12.4. The molecule has 0 aliphatic heterocycles. The molecule has 7 heteroatoms. The lowest BCUT2D eigenvalue weighted by Crippen LogP contribution is -2.20. The SMILES string of the molecule is O=C(O)c1ccc(OC(F)(F)F)c(OC2C=CCCC2)c1. The summed E-state index contributed by atoms with van der Waals surface area (Å²) in [4.78, 5) is 10.9. The third-order valence-electron chi connectivity index (χ3n) is 2.90. The van der Waals surface area contributed by atoms with Crippen LogP contribution in [0.4, 0.5) is 13.2 Å². The fourth-order valence-corrected chi connectivity index (χ4v) is 1.98. The summed E-state index contributed by atoms with van der Waals surface area (Å²) < 4.78 is 46.4. The van der Waals surface area contributed by atoms with E-state index in [0.717, 1.165) is 31.0 Å². The lowest BCUT2D eigenvalue weighted by Gasteiger charge is -2.21. The second-order valence-corrected chi connectivity index (χ2v) is 4.53. The first-order chi connectivity index (χ1) is 9.85. The average molecular weight is 302 g/mol. The Kier molecular flexibility index (Phi) is 4.40. The summed E-state index contributed by atoms with van der Waals surface area (Å²) in [5.74, 6) is -2.03. The maximum atomic E-state index is 12.4. The van der Waals surface area contributed by atoms with Gasteiger partial charge in [-0.2, -0.15) is 0 Å². The van der Waals surface area contributed by atoms with Crippen LogP contribution in [0, 0.1) is 0 Å². The number of halogens is 3. The quantitative estimate of drug-likeness (QED) is 0.860. The van der Waals surface area contributed by atoms with Crippen molar-refractivity contribution >= 4 is 5.97 Å². The summed E-state index contributed by atoms with van der Waals surface area (Å²) in [5, 5.41) is 8.91. The van der Waals surface area contributed by atoms with Gasteiger partial charge in [-0.15, -0.1) is 13.2 Å². The maximum Gasteiger partial charge on any atom is 0.573 e. The van der Waals surface area contributed by atoms with Gasteiger partial charge in [-0.25, -0.2) is 4.79 Å². The number of benzene rings is 1. The molecule has 1 unspecified atom stereocenters. The van der Waals surface area contributed by atoms with Crippen LogP contribution in [0.25, 0.3) is 0 Å². The Morgan fingerprint density at radius 2 is 2.05 bits per heavy atom. The molecule has 1 aromatic carbocycles. The van der Waals surface area contributed by atoms with Crippen molar-refractivity contribution in [1.82, 2.24) is 0 Å². The highest BCUT2D eigenvalue weighted by Gasteiger charge is 2.33. The minimum absolute atomic E-state index is 0.167. The van der Waals surface area contributed by atoms with Crippen molar-refractivity contribution in [2.75, 3.05) is 0 Å². The number of rotatable bonds is 4. The predicted octanol–water partition coefficient (Wildman–Crippen LogP) is 3.77. The minimum Gasteiger partial charge on any atom is -0.482 e.